The van der Waals surface area contributed by atoms with E-state index in [1.807, 2.05) is 13.0 Å². The monoisotopic (exact) mass is 490 g/mol. The first-order chi connectivity index (χ1) is 16.4. The second kappa shape index (κ2) is 12.5. The summed E-state index contributed by atoms with van der Waals surface area (Å²) in [5.41, 5.74) is 1.50. The number of hydrogen-bond donors (Lipinski definition) is 2. The van der Waals surface area contributed by atoms with Gasteiger partial charge in [0.05, 0.1) is 17.3 Å². The van der Waals surface area contributed by atoms with Crippen molar-refractivity contribution < 1.29 is 29.4 Å². The van der Waals surface area contributed by atoms with Crippen LogP contribution in [0.1, 0.15) is 61.4 Å². The average molecular weight is 491 g/mol. The number of phenols is 2. The molecule has 0 saturated carbocycles. The van der Waals surface area contributed by atoms with Crippen LogP contribution in [0.2, 0.25) is 5.02 Å². The lowest BCUT2D eigenvalue weighted by Gasteiger charge is -2.26. The molecule has 1 saturated heterocycles. The van der Waals surface area contributed by atoms with E-state index in [9.17, 15) is 19.8 Å². The van der Waals surface area contributed by atoms with Crippen LogP contribution in [0.3, 0.4) is 0 Å². The first-order valence-electron chi connectivity index (χ1n) is 11.6. The third-order valence-corrected chi connectivity index (χ3v) is 6.25. The topological polar surface area (TPSA) is 109 Å². The largest absolute Gasteiger partial charge is 0.507 e. The van der Waals surface area contributed by atoms with Crippen LogP contribution in [-0.4, -0.2) is 59.0 Å². The lowest BCUT2D eigenvalue weighted by molar-refractivity contribution is -0.137. The molecular formula is C25H31ClN2O6. The van der Waals surface area contributed by atoms with Crippen LogP contribution in [0.25, 0.3) is 0 Å². The molecular weight excluding hydrogens is 460 g/mol. The molecule has 0 radical (unpaired) electrons. The number of likely N-dealkylation sites (tertiary alicyclic amines) is 1. The Hall–Kier alpha value is -3.00. The highest BCUT2D eigenvalue weighted by Gasteiger charge is 2.25. The third-order valence-electron chi connectivity index (χ3n) is 5.83. The molecule has 2 aliphatic heterocycles. The van der Waals surface area contributed by atoms with Crippen molar-refractivity contribution in [1.82, 2.24) is 4.90 Å². The van der Waals surface area contributed by atoms with Crippen LogP contribution in [0.4, 0.5) is 0 Å². The van der Waals surface area contributed by atoms with Crippen molar-refractivity contribution in [2.24, 2.45) is 5.16 Å². The van der Waals surface area contributed by atoms with Crippen LogP contribution < -0.4 is 0 Å². The Morgan fingerprint density at radius 3 is 2.74 bits per heavy atom. The molecule has 0 spiro atoms. The van der Waals surface area contributed by atoms with E-state index in [0.717, 1.165) is 56.8 Å². The number of nitrogens with zero attached hydrogens (tertiary/aromatic N) is 2. The highest BCUT2D eigenvalue weighted by Crippen LogP contribution is 2.37. The number of fused-ring (bicyclic) bond motifs is 1. The molecule has 1 aromatic rings. The fraction of sp³-hybridized carbons (Fsp3) is 0.480. The van der Waals surface area contributed by atoms with E-state index in [2.05, 4.69) is 11.2 Å². The Balaban J connectivity index is 1.88. The normalized spacial score (nSPS) is 21.6. The predicted molar refractivity (Wildman–Crippen MR) is 129 cm³/mol. The van der Waals surface area contributed by atoms with Gasteiger partial charge in [-0.05, 0) is 50.7 Å². The van der Waals surface area contributed by atoms with Gasteiger partial charge in [-0.1, -0.05) is 34.5 Å². The number of allylic oxidation sites excluding steroid dienone is 3. The van der Waals surface area contributed by atoms with Gasteiger partial charge in [0.1, 0.15) is 17.1 Å². The van der Waals surface area contributed by atoms with Crippen LogP contribution >= 0.6 is 11.6 Å². The Morgan fingerprint density at radius 2 is 1.97 bits per heavy atom. The number of piperidine rings is 1. The number of carbonyl (C=O) groups excluding carboxylic acids is 2. The number of oxime groups is 1. The standard InChI is InChI=1S/C25H31ClN2O6/c1-17-8-4-2-5-9-18(27-34-16-22(31)28-11-6-3-7-12-28)14-19-23(25(32)33-13-10-17)20(29)15-21(30)24(19)26/h5,8-9,15,29-30H,2-4,6-7,10-14,16H2,1H3/b9-5+,17-8+,27-18+. The smallest absolute Gasteiger partial charge is 0.342 e. The molecule has 0 aliphatic carbocycles. The van der Waals surface area contributed by atoms with Gasteiger partial charge in [-0.25, -0.2) is 4.79 Å². The van der Waals surface area contributed by atoms with E-state index in [1.54, 1.807) is 11.0 Å². The number of ether oxygens (including phenoxy) is 1. The number of aromatic hydroxyl groups is 2. The maximum atomic E-state index is 12.8. The fourth-order valence-electron chi connectivity index (χ4n) is 3.91. The second-order valence-electron chi connectivity index (χ2n) is 8.47. The first kappa shape index (κ1) is 25.6. The van der Waals surface area contributed by atoms with Gasteiger partial charge in [-0.15, -0.1) is 0 Å². The average Bonchev–Trinajstić information content (AvgIpc) is 2.81. The number of hydrogen-bond acceptors (Lipinski definition) is 7. The lowest BCUT2D eigenvalue weighted by Crippen LogP contribution is -2.37. The summed E-state index contributed by atoms with van der Waals surface area (Å²) in [6, 6.07) is 1.01. The number of cyclic esters (lactones) is 1. The Morgan fingerprint density at radius 1 is 1.21 bits per heavy atom. The number of esters is 1. The van der Waals surface area contributed by atoms with Gasteiger partial charge < -0.3 is 24.7 Å². The van der Waals surface area contributed by atoms with Gasteiger partial charge in [0, 0.05) is 32.0 Å². The van der Waals surface area contributed by atoms with E-state index >= 15 is 0 Å². The van der Waals surface area contributed by atoms with Crippen LogP contribution in [-0.2, 0) is 20.8 Å². The summed E-state index contributed by atoms with van der Waals surface area (Å²) in [6.07, 6.45) is 10.9. The van der Waals surface area contributed by atoms with E-state index in [1.165, 1.54) is 0 Å². The zero-order valence-electron chi connectivity index (χ0n) is 19.4. The summed E-state index contributed by atoms with van der Waals surface area (Å²) in [5.74, 6) is -1.68. The van der Waals surface area contributed by atoms with Crippen LogP contribution in [0, 0.1) is 0 Å². The molecule has 0 atom stereocenters. The van der Waals surface area contributed by atoms with Crippen molar-refractivity contribution in [2.75, 3.05) is 26.3 Å². The summed E-state index contributed by atoms with van der Waals surface area (Å²) in [4.78, 5) is 32.3. The van der Waals surface area contributed by atoms with Gasteiger partial charge in [0.2, 0.25) is 0 Å². The maximum Gasteiger partial charge on any atom is 0.342 e. The second-order valence-corrected chi connectivity index (χ2v) is 8.85. The highest BCUT2D eigenvalue weighted by molar-refractivity contribution is 6.33. The number of benzene rings is 1. The van der Waals surface area contributed by atoms with Gasteiger partial charge in [-0.3, -0.25) is 4.79 Å². The van der Waals surface area contributed by atoms with Crippen molar-refractivity contribution in [3.63, 3.8) is 0 Å². The third kappa shape index (κ3) is 7.00. The molecule has 0 aromatic heterocycles. The Kier molecular flexibility index (Phi) is 9.39. The zero-order chi connectivity index (χ0) is 24.5. The minimum Gasteiger partial charge on any atom is -0.507 e. The molecule has 0 unspecified atom stereocenters. The number of amides is 1. The molecule has 9 heteroatoms. The SMILES string of the molecule is C/C1=C\CC/C=C/C(=N\OCC(=O)N2CCCCC2)Cc2c(Cl)c(O)cc(O)c2C(=O)OCC1. The van der Waals surface area contributed by atoms with Crippen LogP contribution in [0.5, 0.6) is 11.5 Å². The fourth-order valence-corrected chi connectivity index (χ4v) is 4.13. The molecule has 2 N–H and O–H groups in total. The van der Waals surface area contributed by atoms with Crippen molar-refractivity contribution >= 4 is 29.2 Å². The molecule has 1 aromatic carbocycles. The number of rotatable bonds is 3. The maximum absolute atomic E-state index is 12.8. The number of phenolic OH excluding ortho intramolecular Hbond substituents is 2. The van der Waals surface area contributed by atoms with Crippen molar-refractivity contribution in [2.45, 2.75) is 51.9 Å². The molecule has 3 rings (SSSR count). The minimum absolute atomic E-state index is 0.0193. The van der Waals surface area contributed by atoms with E-state index < -0.39 is 11.7 Å². The minimum atomic E-state index is -0.746. The summed E-state index contributed by atoms with van der Waals surface area (Å²) >= 11 is 6.32. The zero-order valence-corrected chi connectivity index (χ0v) is 20.1. The van der Waals surface area contributed by atoms with Gasteiger partial charge in [-0.2, -0.15) is 0 Å². The predicted octanol–water partition coefficient (Wildman–Crippen LogP) is 4.52. The molecule has 1 fully saturated rings. The summed E-state index contributed by atoms with van der Waals surface area (Å²) in [5, 5.41) is 24.6. The molecule has 2 aliphatic rings. The van der Waals surface area contributed by atoms with Gasteiger partial charge in [0.15, 0.2) is 6.61 Å². The molecule has 8 nitrogen and oxygen atoms in total. The van der Waals surface area contributed by atoms with Gasteiger partial charge in [0.25, 0.3) is 5.91 Å². The summed E-state index contributed by atoms with van der Waals surface area (Å²) in [7, 11) is 0. The molecule has 1 amide bonds. The summed E-state index contributed by atoms with van der Waals surface area (Å²) < 4.78 is 5.36. The van der Waals surface area contributed by atoms with Gasteiger partial charge >= 0.3 is 5.97 Å². The van der Waals surface area contributed by atoms with Crippen molar-refractivity contribution in [3.8, 4) is 11.5 Å². The summed E-state index contributed by atoms with van der Waals surface area (Å²) in [6.45, 7) is 3.35. The molecule has 0 bridgehead atoms. The highest BCUT2D eigenvalue weighted by atomic mass is 35.5. The van der Waals surface area contributed by atoms with E-state index in [-0.39, 0.29) is 47.4 Å². The van der Waals surface area contributed by atoms with E-state index in [4.69, 9.17) is 21.2 Å². The Labute approximate surface area is 204 Å². The van der Waals surface area contributed by atoms with Crippen molar-refractivity contribution in [3.05, 3.63) is 46.0 Å². The molecule has 2 heterocycles. The van der Waals surface area contributed by atoms with Crippen LogP contribution in [0.15, 0.2) is 35.0 Å². The first-order valence-corrected chi connectivity index (χ1v) is 11.9. The number of halogens is 1. The number of carbonyl (C=O) groups is 2. The molecule has 34 heavy (non-hydrogen) atoms. The Bertz CT molecular complexity index is 996. The quantitative estimate of drug-likeness (QED) is 0.366. The molecule has 184 valence electrons. The van der Waals surface area contributed by atoms with E-state index in [0.29, 0.717) is 12.1 Å². The van der Waals surface area contributed by atoms with Crippen molar-refractivity contribution in [1.29, 1.82) is 0 Å². The lowest BCUT2D eigenvalue weighted by atomic mass is 9.99.